The number of aromatic nitrogens is 4. The van der Waals surface area contributed by atoms with Crippen LogP contribution in [0.15, 0.2) is 24.8 Å². The molecular weight excluding hydrogens is 236 g/mol. The van der Waals surface area contributed by atoms with Gasteiger partial charge in [0.15, 0.2) is 0 Å². The van der Waals surface area contributed by atoms with Crippen molar-refractivity contribution in [1.82, 2.24) is 19.7 Å². The standard InChI is InChI=1S/C15H22N4/c1-14(2,3)11-7-16-13(17-8-11)19-10-12(9-18-19)15(4,5)6/h7-10H,1-6H3. The molecular formula is C15H22N4. The number of rotatable bonds is 1. The van der Waals surface area contributed by atoms with Gasteiger partial charge in [0.05, 0.1) is 6.20 Å². The lowest BCUT2D eigenvalue weighted by molar-refractivity contribution is 0.581. The van der Waals surface area contributed by atoms with Crippen molar-refractivity contribution < 1.29 is 0 Å². The molecule has 0 spiro atoms. The van der Waals surface area contributed by atoms with Gasteiger partial charge >= 0.3 is 0 Å². The van der Waals surface area contributed by atoms with E-state index < -0.39 is 0 Å². The molecule has 0 aliphatic carbocycles. The van der Waals surface area contributed by atoms with E-state index in [9.17, 15) is 0 Å². The van der Waals surface area contributed by atoms with Gasteiger partial charge in [-0.2, -0.15) is 5.10 Å². The van der Waals surface area contributed by atoms with Gasteiger partial charge in [-0.15, -0.1) is 0 Å². The molecule has 0 fully saturated rings. The van der Waals surface area contributed by atoms with E-state index in [4.69, 9.17) is 0 Å². The highest BCUT2D eigenvalue weighted by Gasteiger charge is 2.18. The summed E-state index contributed by atoms with van der Waals surface area (Å²) in [5.74, 6) is 0.614. The van der Waals surface area contributed by atoms with Gasteiger partial charge < -0.3 is 0 Å². The number of hydrogen-bond donors (Lipinski definition) is 0. The minimum Gasteiger partial charge on any atom is -0.219 e. The summed E-state index contributed by atoms with van der Waals surface area (Å²) in [4.78, 5) is 8.80. The molecule has 0 aliphatic heterocycles. The molecule has 0 atom stereocenters. The fourth-order valence-corrected chi connectivity index (χ4v) is 1.65. The molecule has 0 saturated carbocycles. The molecule has 0 amide bonds. The van der Waals surface area contributed by atoms with Crippen LogP contribution in [0.2, 0.25) is 0 Å². The summed E-state index contributed by atoms with van der Waals surface area (Å²) in [6, 6.07) is 0. The molecule has 2 aromatic rings. The van der Waals surface area contributed by atoms with Crippen LogP contribution in [0.25, 0.3) is 5.95 Å². The van der Waals surface area contributed by atoms with E-state index in [-0.39, 0.29) is 10.8 Å². The van der Waals surface area contributed by atoms with Crippen LogP contribution in [-0.2, 0) is 10.8 Å². The summed E-state index contributed by atoms with van der Waals surface area (Å²) >= 11 is 0. The summed E-state index contributed by atoms with van der Waals surface area (Å²) in [5, 5.41) is 4.34. The molecule has 0 N–H and O–H groups in total. The minimum atomic E-state index is 0.0687. The van der Waals surface area contributed by atoms with Crippen molar-refractivity contribution in [3.8, 4) is 5.95 Å². The third-order valence-electron chi connectivity index (χ3n) is 3.16. The molecule has 0 saturated heterocycles. The van der Waals surface area contributed by atoms with Crippen LogP contribution in [-0.4, -0.2) is 19.7 Å². The molecule has 0 bridgehead atoms. The van der Waals surface area contributed by atoms with Crippen LogP contribution < -0.4 is 0 Å². The first-order valence-electron chi connectivity index (χ1n) is 6.56. The second-order valence-electron chi connectivity index (χ2n) is 6.95. The third-order valence-corrected chi connectivity index (χ3v) is 3.16. The van der Waals surface area contributed by atoms with Gasteiger partial charge in [-0.3, -0.25) is 0 Å². The lowest BCUT2D eigenvalue weighted by atomic mass is 9.89. The summed E-state index contributed by atoms with van der Waals surface area (Å²) in [7, 11) is 0. The van der Waals surface area contributed by atoms with Crippen LogP contribution in [0.1, 0.15) is 52.7 Å². The summed E-state index contributed by atoms with van der Waals surface area (Å²) in [5.41, 5.74) is 2.46. The molecule has 102 valence electrons. The molecule has 0 unspecified atom stereocenters. The molecule has 2 aromatic heterocycles. The smallest absolute Gasteiger partial charge is 0.219 e. The van der Waals surface area contributed by atoms with Crippen molar-refractivity contribution in [3.05, 3.63) is 35.9 Å². The van der Waals surface area contributed by atoms with Crippen molar-refractivity contribution >= 4 is 0 Å². The normalized spacial score (nSPS) is 12.7. The Bertz CT molecular complexity index is 553. The van der Waals surface area contributed by atoms with E-state index in [0.717, 1.165) is 5.56 Å². The van der Waals surface area contributed by atoms with Gasteiger partial charge in [0.2, 0.25) is 5.95 Å². The van der Waals surface area contributed by atoms with Crippen LogP contribution >= 0.6 is 0 Å². The van der Waals surface area contributed by atoms with Gasteiger partial charge in [0.25, 0.3) is 0 Å². The van der Waals surface area contributed by atoms with Crippen molar-refractivity contribution in [1.29, 1.82) is 0 Å². The third kappa shape index (κ3) is 3.00. The highest BCUT2D eigenvalue weighted by atomic mass is 15.3. The Morgan fingerprint density at radius 2 is 1.32 bits per heavy atom. The Hall–Kier alpha value is -1.71. The molecule has 0 radical (unpaired) electrons. The van der Waals surface area contributed by atoms with Gasteiger partial charge in [-0.1, -0.05) is 41.5 Å². The lowest BCUT2D eigenvalue weighted by Gasteiger charge is -2.17. The fourth-order valence-electron chi connectivity index (χ4n) is 1.65. The largest absolute Gasteiger partial charge is 0.250 e. The van der Waals surface area contributed by atoms with E-state index >= 15 is 0 Å². The number of hydrogen-bond acceptors (Lipinski definition) is 3. The highest BCUT2D eigenvalue weighted by molar-refractivity contribution is 5.23. The fraction of sp³-hybridized carbons (Fsp3) is 0.533. The van der Waals surface area contributed by atoms with E-state index in [1.807, 2.05) is 24.8 Å². The summed E-state index contributed by atoms with van der Waals surface area (Å²) < 4.78 is 1.73. The highest BCUT2D eigenvalue weighted by Crippen LogP contribution is 2.23. The van der Waals surface area contributed by atoms with E-state index in [0.29, 0.717) is 5.95 Å². The van der Waals surface area contributed by atoms with E-state index in [2.05, 4.69) is 56.6 Å². The van der Waals surface area contributed by atoms with Gasteiger partial charge in [0.1, 0.15) is 0 Å². The zero-order valence-electron chi connectivity index (χ0n) is 12.6. The van der Waals surface area contributed by atoms with Crippen LogP contribution in [0.3, 0.4) is 0 Å². The predicted octanol–water partition coefficient (Wildman–Crippen LogP) is 3.26. The summed E-state index contributed by atoms with van der Waals surface area (Å²) in [6.07, 6.45) is 7.62. The Morgan fingerprint density at radius 3 is 1.74 bits per heavy atom. The van der Waals surface area contributed by atoms with Crippen molar-refractivity contribution in [3.63, 3.8) is 0 Å². The van der Waals surface area contributed by atoms with Crippen molar-refractivity contribution in [2.45, 2.75) is 52.4 Å². The maximum Gasteiger partial charge on any atom is 0.250 e. The van der Waals surface area contributed by atoms with Crippen molar-refractivity contribution in [2.75, 3.05) is 0 Å². The first-order chi connectivity index (χ1) is 8.68. The quantitative estimate of drug-likeness (QED) is 0.788. The SMILES string of the molecule is CC(C)(C)c1cnc(-n2cc(C(C)(C)C)cn2)nc1. The Balaban J connectivity index is 2.31. The molecule has 0 aromatic carbocycles. The second kappa shape index (κ2) is 4.44. The molecule has 4 nitrogen and oxygen atoms in total. The van der Waals surface area contributed by atoms with E-state index in [1.165, 1.54) is 5.56 Å². The predicted molar refractivity (Wildman–Crippen MR) is 76.6 cm³/mol. The molecule has 2 rings (SSSR count). The molecule has 2 heterocycles. The second-order valence-corrected chi connectivity index (χ2v) is 6.95. The number of nitrogens with zero attached hydrogens (tertiary/aromatic N) is 4. The first kappa shape index (κ1) is 13.7. The average Bonchev–Trinajstić information content (AvgIpc) is 2.77. The van der Waals surface area contributed by atoms with Crippen LogP contribution in [0.4, 0.5) is 0 Å². The maximum atomic E-state index is 4.40. The lowest BCUT2D eigenvalue weighted by Crippen LogP contribution is -2.13. The average molecular weight is 258 g/mol. The topological polar surface area (TPSA) is 43.6 Å². The monoisotopic (exact) mass is 258 g/mol. The summed E-state index contributed by atoms with van der Waals surface area (Å²) in [6.45, 7) is 12.9. The Morgan fingerprint density at radius 1 is 0.789 bits per heavy atom. The van der Waals surface area contributed by atoms with Gasteiger partial charge in [0, 0.05) is 18.6 Å². The molecule has 0 aliphatic rings. The van der Waals surface area contributed by atoms with E-state index in [1.54, 1.807) is 4.68 Å². The minimum absolute atomic E-state index is 0.0687. The van der Waals surface area contributed by atoms with Crippen LogP contribution in [0.5, 0.6) is 0 Å². The van der Waals surface area contributed by atoms with Gasteiger partial charge in [-0.05, 0) is 22.0 Å². The molecule has 19 heavy (non-hydrogen) atoms. The first-order valence-corrected chi connectivity index (χ1v) is 6.56. The zero-order chi connectivity index (χ0) is 14.3. The Labute approximate surface area is 114 Å². The maximum absolute atomic E-state index is 4.40. The van der Waals surface area contributed by atoms with Crippen molar-refractivity contribution in [2.24, 2.45) is 0 Å². The molecule has 4 heteroatoms. The Kier molecular flexibility index (Phi) is 3.20. The van der Waals surface area contributed by atoms with Gasteiger partial charge in [-0.25, -0.2) is 14.6 Å². The van der Waals surface area contributed by atoms with Crippen LogP contribution in [0, 0.1) is 0 Å². The zero-order valence-corrected chi connectivity index (χ0v) is 12.6.